The smallest absolute Gasteiger partial charge is 0.221 e. The Bertz CT molecular complexity index is 315. The van der Waals surface area contributed by atoms with E-state index in [1.165, 1.54) is 19.3 Å². The average Bonchev–Trinajstić information content (AvgIpc) is 2.29. The first-order valence-electron chi connectivity index (χ1n) is 5.97. The first kappa shape index (κ1) is 12.7. The van der Waals surface area contributed by atoms with Crippen LogP contribution < -0.4 is 10.1 Å². The van der Waals surface area contributed by atoms with Gasteiger partial charge in [-0.2, -0.15) is 0 Å². The highest BCUT2D eigenvalue weighted by atomic mass is 16.5. The molecule has 0 saturated heterocycles. The molecule has 16 heavy (non-hydrogen) atoms. The van der Waals surface area contributed by atoms with Crippen LogP contribution in [0.25, 0.3) is 0 Å². The summed E-state index contributed by atoms with van der Waals surface area (Å²) in [6.07, 6.45) is 5.19. The Hall–Kier alpha value is -1.32. The highest BCUT2D eigenvalue weighted by Gasteiger charge is 2.06. The number of nitrogens with one attached hydrogen (secondary N) is 1. The van der Waals surface area contributed by atoms with Crippen molar-refractivity contribution in [3.8, 4) is 5.88 Å². The van der Waals surface area contributed by atoms with E-state index in [9.17, 15) is 0 Å². The van der Waals surface area contributed by atoms with Crippen LogP contribution in [0.1, 0.15) is 38.7 Å². The number of hydrogen-bond acceptors (Lipinski definition) is 4. The molecular weight excluding hydrogens is 202 g/mol. The molecule has 1 aromatic rings. The number of nitrogens with zero attached hydrogens (tertiary/aromatic N) is 2. The molecule has 1 N–H and O–H groups in total. The summed E-state index contributed by atoms with van der Waals surface area (Å²) >= 11 is 0. The fraction of sp³-hybridized carbons (Fsp3) is 0.667. The number of aromatic nitrogens is 2. The number of ether oxygens (including phenoxy) is 1. The Morgan fingerprint density at radius 1 is 1.25 bits per heavy atom. The van der Waals surface area contributed by atoms with Crippen LogP contribution in [0.2, 0.25) is 0 Å². The van der Waals surface area contributed by atoms with Gasteiger partial charge in [-0.15, -0.1) is 0 Å². The van der Waals surface area contributed by atoms with Crippen LogP contribution in [0.4, 0.5) is 5.82 Å². The van der Waals surface area contributed by atoms with E-state index in [4.69, 9.17) is 4.74 Å². The van der Waals surface area contributed by atoms with Crippen molar-refractivity contribution in [1.82, 2.24) is 9.97 Å². The summed E-state index contributed by atoms with van der Waals surface area (Å²) < 4.78 is 5.41. The predicted molar refractivity (Wildman–Crippen MR) is 66.0 cm³/mol. The summed E-state index contributed by atoms with van der Waals surface area (Å²) in [6, 6.07) is 0. The molecular formula is C12H21N3O. The SMILES string of the molecule is CCCCCNc1ncnc(OCC)c1C. The molecule has 0 aliphatic carbocycles. The zero-order valence-electron chi connectivity index (χ0n) is 10.4. The van der Waals surface area contributed by atoms with Crippen LogP contribution in [0.3, 0.4) is 0 Å². The quantitative estimate of drug-likeness (QED) is 0.722. The number of anilines is 1. The Labute approximate surface area is 97.5 Å². The van der Waals surface area contributed by atoms with E-state index >= 15 is 0 Å². The molecule has 0 fully saturated rings. The molecule has 90 valence electrons. The van der Waals surface area contributed by atoms with Gasteiger partial charge in [0.25, 0.3) is 0 Å². The Morgan fingerprint density at radius 2 is 2.06 bits per heavy atom. The molecule has 0 unspecified atom stereocenters. The molecule has 0 aliphatic heterocycles. The first-order chi connectivity index (χ1) is 7.79. The second-order valence-corrected chi connectivity index (χ2v) is 3.72. The van der Waals surface area contributed by atoms with Crippen molar-refractivity contribution in [2.75, 3.05) is 18.5 Å². The fourth-order valence-electron chi connectivity index (χ4n) is 1.48. The van der Waals surface area contributed by atoms with Crippen molar-refractivity contribution < 1.29 is 4.74 Å². The monoisotopic (exact) mass is 223 g/mol. The normalized spacial score (nSPS) is 10.2. The minimum atomic E-state index is 0.632. The first-order valence-corrected chi connectivity index (χ1v) is 5.97. The zero-order chi connectivity index (χ0) is 11.8. The summed E-state index contributed by atoms with van der Waals surface area (Å²) in [5, 5.41) is 3.32. The van der Waals surface area contributed by atoms with E-state index in [1.54, 1.807) is 6.33 Å². The van der Waals surface area contributed by atoms with Crippen LogP contribution in [-0.2, 0) is 0 Å². The molecule has 1 rings (SSSR count). The molecule has 0 atom stereocenters. The maximum absolute atomic E-state index is 5.41. The molecule has 0 amide bonds. The van der Waals surface area contributed by atoms with Gasteiger partial charge in [0.2, 0.25) is 5.88 Å². The third kappa shape index (κ3) is 3.68. The molecule has 0 aromatic carbocycles. The van der Waals surface area contributed by atoms with Gasteiger partial charge in [0.15, 0.2) is 0 Å². The van der Waals surface area contributed by atoms with Crippen molar-refractivity contribution in [2.45, 2.75) is 40.0 Å². The van der Waals surface area contributed by atoms with Crippen LogP contribution in [0, 0.1) is 6.92 Å². The molecule has 0 aliphatic rings. The fourth-order valence-corrected chi connectivity index (χ4v) is 1.48. The van der Waals surface area contributed by atoms with E-state index in [1.807, 2.05) is 13.8 Å². The van der Waals surface area contributed by atoms with Gasteiger partial charge in [-0.25, -0.2) is 9.97 Å². The van der Waals surface area contributed by atoms with Crippen LogP contribution in [-0.4, -0.2) is 23.1 Å². The van der Waals surface area contributed by atoms with E-state index in [0.29, 0.717) is 12.5 Å². The average molecular weight is 223 g/mol. The Balaban J connectivity index is 2.55. The van der Waals surface area contributed by atoms with Gasteiger partial charge in [-0.05, 0) is 20.3 Å². The van der Waals surface area contributed by atoms with Gasteiger partial charge >= 0.3 is 0 Å². The molecule has 4 heteroatoms. The van der Waals surface area contributed by atoms with Gasteiger partial charge in [-0.3, -0.25) is 0 Å². The molecule has 0 saturated carbocycles. The second-order valence-electron chi connectivity index (χ2n) is 3.72. The summed E-state index contributed by atoms with van der Waals surface area (Å²) in [5.74, 6) is 1.56. The van der Waals surface area contributed by atoms with Crippen molar-refractivity contribution in [3.05, 3.63) is 11.9 Å². The van der Waals surface area contributed by atoms with E-state index in [-0.39, 0.29) is 0 Å². The minimum Gasteiger partial charge on any atom is -0.478 e. The van der Waals surface area contributed by atoms with Crippen LogP contribution in [0.15, 0.2) is 6.33 Å². The van der Waals surface area contributed by atoms with E-state index < -0.39 is 0 Å². The van der Waals surface area contributed by atoms with Crippen molar-refractivity contribution in [1.29, 1.82) is 0 Å². The number of unbranched alkanes of at least 4 members (excludes halogenated alkanes) is 2. The van der Waals surface area contributed by atoms with Crippen molar-refractivity contribution in [3.63, 3.8) is 0 Å². The lowest BCUT2D eigenvalue weighted by atomic mass is 10.2. The molecule has 0 bridgehead atoms. The van der Waals surface area contributed by atoms with Gasteiger partial charge in [-0.1, -0.05) is 19.8 Å². The van der Waals surface area contributed by atoms with Crippen LogP contribution in [0.5, 0.6) is 5.88 Å². The molecule has 1 heterocycles. The maximum atomic E-state index is 5.41. The third-order valence-corrected chi connectivity index (χ3v) is 2.39. The van der Waals surface area contributed by atoms with E-state index in [0.717, 1.165) is 17.9 Å². The standard InChI is InChI=1S/C12H21N3O/c1-4-6-7-8-13-11-10(3)12(16-5-2)15-9-14-11/h9H,4-8H2,1-3H3,(H,13,14,15). The topological polar surface area (TPSA) is 47.0 Å². The summed E-state index contributed by atoms with van der Waals surface area (Å²) in [7, 11) is 0. The van der Waals surface area contributed by atoms with Gasteiger partial charge in [0.1, 0.15) is 12.1 Å². The molecule has 4 nitrogen and oxygen atoms in total. The summed E-state index contributed by atoms with van der Waals surface area (Å²) in [6.45, 7) is 7.72. The van der Waals surface area contributed by atoms with Gasteiger partial charge < -0.3 is 10.1 Å². The zero-order valence-corrected chi connectivity index (χ0v) is 10.4. The largest absolute Gasteiger partial charge is 0.478 e. The van der Waals surface area contributed by atoms with Crippen molar-refractivity contribution in [2.24, 2.45) is 0 Å². The second kappa shape index (κ2) is 7.04. The minimum absolute atomic E-state index is 0.632. The van der Waals surface area contributed by atoms with Crippen LogP contribution >= 0.6 is 0 Å². The Kier molecular flexibility index (Phi) is 5.61. The summed E-state index contributed by atoms with van der Waals surface area (Å²) in [5.41, 5.74) is 0.987. The third-order valence-electron chi connectivity index (χ3n) is 2.39. The van der Waals surface area contributed by atoms with Crippen molar-refractivity contribution >= 4 is 5.82 Å². The lowest BCUT2D eigenvalue weighted by Crippen LogP contribution is -2.07. The summed E-state index contributed by atoms with van der Waals surface area (Å²) in [4.78, 5) is 8.32. The predicted octanol–water partition coefficient (Wildman–Crippen LogP) is 2.79. The highest BCUT2D eigenvalue weighted by molar-refractivity contribution is 5.47. The van der Waals surface area contributed by atoms with Gasteiger partial charge in [0, 0.05) is 6.54 Å². The maximum Gasteiger partial charge on any atom is 0.221 e. The number of hydrogen-bond donors (Lipinski definition) is 1. The van der Waals surface area contributed by atoms with E-state index in [2.05, 4.69) is 22.2 Å². The van der Waals surface area contributed by atoms with Gasteiger partial charge in [0.05, 0.1) is 12.2 Å². The lowest BCUT2D eigenvalue weighted by molar-refractivity contribution is 0.324. The Morgan fingerprint density at radius 3 is 2.75 bits per heavy atom. The molecule has 0 radical (unpaired) electrons. The highest BCUT2D eigenvalue weighted by Crippen LogP contribution is 2.20. The lowest BCUT2D eigenvalue weighted by Gasteiger charge is -2.10. The molecule has 0 spiro atoms. The molecule has 1 aromatic heterocycles. The number of rotatable bonds is 7.